The van der Waals surface area contributed by atoms with Crippen LogP contribution in [0.5, 0.6) is 0 Å². The minimum absolute atomic E-state index is 0. The van der Waals surface area contributed by atoms with Gasteiger partial charge in [-0.15, -0.1) is 0 Å². The molecule has 0 bridgehead atoms. The molecule has 0 aliphatic carbocycles. The van der Waals surface area contributed by atoms with Gasteiger partial charge in [0.15, 0.2) is 12.1 Å². The monoisotopic (exact) mass is 173 g/mol. The summed E-state index contributed by atoms with van der Waals surface area (Å²) in [6.07, 6.45) is 3.75. The van der Waals surface area contributed by atoms with E-state index in [0.29, 0.717) is 0 Å². The minimum atomic E-state index is 0. The molecule has 0 aliphatic rings. The van der Waals surface area contributed by atoms with Crippen LogP contribution in [0.15, 0.2) is 0 Å². The van der Waals surface area contributed by atoms with Crippen LogP contribution in [0.2, 0.25) is 0 Å². The zero-order valence-electron chi connectivity index (χ0n) is 6.80. The highest BCUT2D eigenvalue weighted by Crippen LogP contribution is 1.88. The topological polar surface area (TPSA) is 73.6 Å². The maximum absolute atomic E-state index is 7.26. The SMILES string of the molecule is CCCCCN.N#CC#N.S. The van der Waals surface area contributed by atoms with Gasteiger partial charge in [-0.3, -0.25) is 0 Å². The predicted molar refractivity (Wildman–Crippen MR) is 50.2 cm³/mol. The van der Waals surface area contributed by atoms with Gasteiger partial charge in [0.05, 0.1) is 0 Å². The van der Waals surface area contributed by atoms with Gasteiger partial charge in [-0.25, -0.2) is 0 Å². The highest BCUT2D eigenvalue weighted by atomic mass is 32.1. The van der Waals surface area contributed by atoms with Crippen LogP contribution in [0.3, 0.4) is 0 Å². The number of nitrogens with zero attached hydrogens (tertiary/aromatic N) is 2. The van der Waals surface area contributed by atoms with Gasteiger partial charge in [-0.2, -0.15) is 24.0 Å². The molecule has 0 fully saturated rings. The summed E-state index contributed by atoms with van der Waals surface area (Å²) in [7, 11) is 0. The quantitative estimate of drug-likeness (QED) is 0.653. The Kier molecular flexibility index (Phi) is 34.7. The Bertz CT molecular complexity index is 107. The van der Waals surface area contributed by atoms with Crippen molar-refractivity contribution < 1.29 is 0 Å². The van der Waals surface area contributed by atoms with Crippen molar-refractivity contribution in [2.24, 2.45) is 5.73 Å². The summed E-state index contributed by atoms with van der Waals surface area (Å²) in [5, 5.41) is 14.5. The number of unbranched alkanes of at least 4 members (excludes halogenated alkanes) is 2. The molecule has 4 heteroatoms. The smallest absolute Gasteiger partial charge is 0.181 e. The number of hydrogen-bond donors (Lipinski definition) is 1. The van der Waals surface area contributed by atoms with Crippen LogP contribution in [0, 0.1) is 22.7 Å². The van der Waals surface area contributed by atoms with E-state index in [2.05, 4.69) is 6.92 Å². The van der Waals surface area contributed by atoms with E-state index < -0.39 is 0 Å². The maximum atomic E-state index is 7.26. The summed E-state index contributed by atoms with van der Waals surface area (Å²) in [5.41, 5.74) is 5.21. The Morgan fingerprint density at radius 3 is 1.73 bits per heavy atom. The largest absolute Gasteiger partial charge is 0.330 e. The molecule has 0 aromatic rings. The lowest BCUT2D eigenvalue weighted by Crippen LogP contribution is -1.96. The standard InChI is InChI=1S/C5H13N.C2N2.H2S/c1-2-3-4-5-6;3-1-2-4;/h2-6H2,1H3;;1H2. The molecule has 0 saturated carbocycles. The first-order valence-corrected chi connectivity index (χ1v) is 3.31. The number of hydrogen-bond acceptors (Lipinski definition) is 3. The fourth-order valence-corrected chi connectivity index (χ4v) is 0.394. The van der Waals surface area contributed by atoms with E-state index >= 15 is 0 Å². The third-order valence-corrected chi connectivity index (χ3v) is 0.858. The summed E-state index contributed by atoms with van der Waals surface area (Å²) >= 11 is 0. The van der Waals surface area contributed by atoms with Gasteiger partial charge in [0.2, 0.25) is 0 Å². The third-order valence-electron chi connectivity index (χ3n) is 0.858. The molecule has 2 N–H and O–H groups in total. The van der Waals surface area contributed by atoms with Gasteiger partial charge >= 0.3 is 0 Å². The Balaban J connectivity index is -0.000000114. The molecule has 0 saturated heterocycles. The minimum Gasteiger partial charge on any atom is -0.330 e. The number of nitriles is 2. The van der Waals surface area contributed by atoms with Crippen LogP contribution in [-0.4, -0.2) is 6.54 Å². The van der Waals surface area contributed by atoms with Gasteiger partial charge in [0, 0.05) is 0 Å². The van der Waals surface area contributed by atoms with Crippen molar-refractivity contribution in [2.75, 3.05) is 6.54 Å². The molecule has 0 rings (SSSR count). The zero-order chi connectivity index (χ0) is 8.24. The summed E-state index contributed by atoms with van der Waals surface area (Å²) < 4.78 is 0. The lowest BCUT2D eigenvalue weighted by Gasteiger charge is -1.86. The Morgan fingerprint density at radius 2 is 1.64 bits per heavy atom. The third kappa shape index (κ3) is 45.6. The molecular weight excluding hydrogens is 158 g/mol. The average molecular weight is 173 g/mol. The van der Waals surface area contributed by atoms with Gasteiger partial charge in [-0.1, -0.05) is 19.8 Å². The van der Waals surface area contributed by atoms with E-state index in [-0.39, 0.29) is 13.5 Å². The predicted octanol–water partition coefficient (Wildman–Crippen LogP) is 1.28. The van der Waals surface area contributed by atoms with Crippen molar-refractivity contribution in [3.63, 3.8) is 0 Å². The second-order valence-electron chi connectivity index (χ2n) is 1.72. The Hall–Kier alpha value is -0.710. The highest BCUT2D eigenvalue weighted by molar-refractivity contribution is 7.59. The van der Waals surface area contributed by atoms with Crippen molar-refractivity contribution in [1.29, 1.82) is 10.5 Å². The molecule has 0 aromatic carbocycles. The first-order chi connectivity index (χ1) is 4.83. The molecule has 0 aliphatic heterocycles. The molecule has 0 unspecified atom stereocenters. The van der Waals surface area contributed by atoms with Crippen LogP contribution in [0.4, 0.5) is 0 Å². The molecule has 0 aromatic heterocycles. The second kappa shape index (κ2) is 22.8. The molecule has 11 heavy (non-hydrogen) atoms. The van der Waals surface area contributed by atoms with E-state index in [1.807, 2.05) is 0 Å². The van der Waals surface area contributed by atoms with Crippen molar-refractivity contribution >= 4 is 13.5 Å². The van der Waals surface area contributed by atoms with E-state index in [1.54, 1.807) is 0 Å². The fraction of sp³-hybridized carbons (Fsp3) is 0.714. The molecule has 0 radical (unpaired) electrons. The molecular formula is C7H15N3S. The summed E-state index contributed by atoms with van der Waals surface area (Å²) in [6, 6.07) is 2.47. The van der Waals surface area contributed by atoms with Crippen molar-refractivity contribution in [3.05, 3.63) is 0 Å². The van der Waals surface area contributed by atoms with Gasteiger partial charge in [0.25, 0.3) is 0 Å². The average Bonchev–Trinajstić information content (AvgIpc) is 2.01. The van der Waals surface area contributed by atoms with E-state index in [9.17, 15) is 0 Å². The van der Waals surface area contributed by atoms with E-state index in [1.165, 1.54) is 31.4 Å². The molecule has 0 amide bonds. The molecule has 0 spiro atoms. The number of rotatable bonds is 3. The van der Waals surface area contributed by atoms with E-state index in [4.69, 9.17) is 16.3 Å². The van der Waals surface area contributed by atoms with Crippen LogP contribution in [0.25, 0.3) is 0 Å². The normalized spacial score (nSPS) is 5.82. The highest BCUT2D eigenvalue weighted by Gasteiger charge is 1.75. The van der Waals surface area contributed by atoms with E-state index in [0.717, 1.165) is 6.54 Å². The van der Waals surface area contributed by atoms with Crippen LogP contribution >= 0.6 is 13.5 Å². The maximum Gasteiger partial charge on any atom is 0.181 e. The van der Waals surface area contributed by atoms with Crippen molar-refractivity contribution in [2.45, 2.75) is 26.2 Å². The molecule has 0 heterocycles. The lowest BCUT2D eigenvalue weighted by molar-refractivity contribution is 0.727. The van der Waals surface area contributed by atoms with Crippen LogP contribution < -0.4 is 5.73 Å². The molecule has 0 atom stereocenters. The first kappa shape index (κ1) is 16.7. The Labute approximate surface area is 75.3 Å². The summed E-state index contributed by atoms with van der Waals surface area (Å²) in [4.78, 5) is 0. The summed E-state index contributed by atoms with van der Waals surface area (Å²) in [6.45, 7) is 3.03. The zero-order valence-corrected chi connectivity index (χ0v) is 7.80. The number of nitrogens with two attached hydrogens (primary N) is 1. The summed E-state index contributed by atoms with van der Waals surface area (Å²) in [5.74, 6) is 0. The molecule has 64 valence electrons. The fourth-order valence-electron chi connectivity index (χ4n) is 0.394. The van der Waals surface area contributed by atoms with Crippen molar-refractivity contribution in [3.8, 4) is 12.1 Å². The van der Waals surface area contributed by atoms with Crippen molar-refractivity contribution in [1.82, 2.24) is 0 Å². The Morgan fingerprint density at radius 1 is 1.18 bits per heavy atom. The van der Waals surface area contributed by atoms with Gasteiger partial charge < -0.3 is 5.73 Å². The first-order valence-electron chi connectivity index (χ1n) is 3.31. The lowest BCUT2D eigenvalue weighted by atomic mass is 10.3. The van der Waals surface area contributed by atoms with Crippen LogP contribution in [-0.2, 0) is 0 Å². The van der Waals surface area contributed by atoms with Gasteiger partial charge in [0.1, 0.15) is 0 Å². The van der Waals surface area contributed by atoms with Crippen LogP contribution in [0.1, 0.15) is 26.2 Å². The van der Waals surface area contributed by atoms with Gasteiger partial charge in [-0.05, 0) is 13.0 Å². The molecule has 3 nitrogen and oxygen atoms in total. The second-order valence-corrected chi connectivity index (χ2v) is 1.72.